The van der Waals surface area contributed by atoms with Crippen LogP contribution in [0.4, 0.5) is 0 Å². The van der Waals surface area contributed by atoms with Gasteiger partial charge in [-0.25, -0.2) is 0 Å². The molecule has 0 unspecified atom stereocenters. The second-order valence-corrected chi connectivity index (χ2v) is 2.46. The molecule has 0 saturated carbocycles. The predicted molar refractivity (Wildman–Crippen MR) is 44.5 cm³/mol. The molecule has 0 aliphatic heterocycles. The molecule has 0 spiro atoms. The van der Waals surface area contributed by atoms with Crippen molar-refractivity contribution in [1.82, 2.24) is 0 Å². The monoisotopic (exact) mass is 187 g/mol. The van der Waals surface area contributed by atoms with Gasteiger partial charge >= 0.3 is 0 Å². The van der Waals surface area contributed by atoms with E-state index in [1.54, 1.807) is 7.11 Å². The molecular formula is C9H14ClNO. The van der Waals surface area contributed by atoms with Crippen LogP contribution in [0.5, 0.6) is 5.75 Å². The highest BCUT2D eigenvalue weighted by atomic mass is 35.5. The lowest BCUT2D eigenvalue weighted by Gasteiger charge is -2.00. The molecule has 0 aliphatic rings. The highest BCUT2D eigenvalue weighted by Crippen LogP contribution is 2.09. The molecule has 1 rings (SSSR count). The van der Waals surface area contributed by atoms with Crippen LogP contribution < -0.4 is 22.5 Å². The lowest BCUT2D eigenvalue weighted by molar-refractivity contribution is -0.643. The third-order valence-corrected chi connectivity index (χ3v) is 1.60. The highest BCUT2D eigenvalue weighted by Gasteiger charge is 1.92. The fraction of sp³-hybridized carbons (Fsp3) is 0.333. The normalized spacial score (nSPS) is 8.83. The number of quaternary nitrogens is 1. The van der Waals surface area contributed by atoms with Gasteiger partial charge in [-0.1, -0.05) is 0 Å². The van der Waals surface area contributed by atoms with Crippen LogP contribution in [0.2, 0.25) is 0 Å². The van der Waals surface area contributed by atoms with Crippen molar-refractivity contribution < 1.29 is 22.5 Å². The van der Waals surface area contributed by atoms with Gasteiger partial charge in [-0.3, -0.25) is 0 Å². The van der Waals surface area contributed by atoms with Crippen molar-refractivity contribution in [3.63, 3.8) is 0 Å². The van der Waals surface area contributed by atoms with E-state index in [9.17, 15) is 0 Å². The second-order valence-electron chi connectivity index (χ2n) is 2.46. The van der Waals surface area contributed by atoms with E-state index >= 15 is 0 Å². The molecule has 0 fully saturated rings. The first-order chi connectivity index (χ1) is 5.36. The predicted octanol–water partition coefficient (Wildman–Crippen LogP) is -2.61. The van der Waals surface area contributed by atoms with E-state index in [4.69, 9.17) is 4.74 Å². The summed E-state index contributed by atoms with van der Waals surface area (Å²) in [6.45, 7) is 1.03. The Hall–Kier alpha value is -0.730. The summed E-state index contributed by atoms with van der Waals surface area (Å²) in [5, 5.41) is 2.14. The van der Waals surface area contributed by atoms with Gasteiger partial charge in [-0.15, -0.1) is 0 Å². The Bertz CT molecular complexity index is 210. The lowest BCUT2D eigenvalue weighted by atomic mass is 10.2. The Kier molecular flexibility index (Phi) is 5.51. The van der Waals surface area contributed by atoms with Crippen LogP contribution in [0.3, 0.4) is 0 Å². The molecule has 2 nitrogen and oxygen atoms in total. The summed E-state index contributed by atoms with van der Waals surface area (Å²) in [5.74, 6) is 0.921. The average molecular weight is 188 g/mol. The molecular weight excluding hydrogens is 174 g/mol. The smallest absolute Gasteiger partial charge is 0.118 e. The van der Waals surface area contributed by atoms with Crippen molar-refractivity contribution in [2.45, 2.75) is 6.54 Å². The molecule has 12 heavy (non-hydrogen) atoms. The molecule has 0 atom stereocenters. The number of halogens is 1. The first-order valence-electron chi connectivity index (χ1n) is 3.77. The molecule has 0 heterocycles. The van der Waals surface area contributed by atoms with Gasteiger partial charge in [0.2, 0.25) is 0 Å². The van der Waals surface area contributed by atoms with Crippen LogP contribution in [0.1, 0.15) is 5.56 Å². The van der Waals surface area contributed by atoms with Crippen LogP contribution in [0, 0.1) is 0 Å². The Morgan fingerprint density at radius 1 is 1.25 bits per heavy atom. The maximum atomic E-state index is 5.04. The van der Waals surface area contributed by atoms with Crippen molar-refractivity contribution in [2.24, 2.45) is 0 Å². The third-order valence-electron chi connectivity index (χ3n) is 1.60. The minimum atomic E-state index is 0. The Morgan fingerprint density at radius 2 is 1.83 bits per heavy atom. The Balaban J connectivity index is 0.00000121. The van der Waals surface area contributed by atoms with Crippen LogP contribution in [0.15, 0.2) is 24.3 Å². The number of hydrogen-bond donors (Lipinski definition) is 1. The van der Waals surface area contributed by atoms with Gasteiger partial charge in [0.05, 0.1) is 14.2 Å². The van der Waals surface area contributed by atoms with Crippen molar-refractivity contribution in [3.05, 3.63) is 29.8 Å². The van der Waals surface area contributed by atoms with Gasteiger partial charge in [0.25, 0.3) is 0 Å². The molecule has 0 radical (unpaired) electrons. The van der Waals surface area contributed by atoms with E-state index in [1.807, 2.05) is 12.1 Å². The Morgan fingerprint density at radius 3 is 2.25 bits per heavy atom. The highest BCUT2D eigenvalue weighted by molar-refractivity contribution is 5.26. The molecule has 1 aromatic carbocycles. The summed E-state index contributed by atoms with van der Waals surface area (Å²) < 4.78 is 5.04. The molecule has 68 valence electrons. The molecule has 2 N–H and O–H groups in total. The molecule has 0 aromatic heterocycles. The van der Waals surface area contributed by atoms with E-state index in [1.165, 1.54) is 5.56 Å². The van der Waals surface area contributed by atoms with E-state index in [-0.39, 0.29) is 12.4 Å². The Labute approximate surface area is 79.3 Å². The second kappa shape index (κ2) is 5.86. The quantitative estimate of drug-likeness (QED) is 0.552. The maximum Gasteiger partial charge on any atom is 0.118 e. The summed E-state index contributed by atoms with van der Waals surface area (Å²) in [6, 6.07) is 8.13. The van der Waals surface area contributed by atoms with E-state index in [0.717, 1.165) is 12.3 Å². The van der Waals surface area contributed by atoms with Gasteiger partial charge in [0, 0.05) is 5.56 Å². The van der Waals surface area contributed by atoms with Crippen LogP contribution >= 0.6 is 0 Å². The van der Waals surface area contributed by atoms with E-state index in [2.05, 4.69) is 24.5 Å². The van der Waals surface area contributed by atoms with Crippen LogP contribution in [-0.4, -0.2) is 14.2 Å². The van der Waals surface area contributed by atoms with Crippen LogP contribution in [0.25, 0.3) is 0 Å². The SMILES string of the molecule is C[NH2+]Cc1ccc(OC)cc1.[Cl-]. The average Bonchev–Trinajstić information content (AvgIpc) is 2.07. The number of benzene rings is 1. The number of ether oxygens (including phenoxy) is 1. The van der Waals surface area contributed by atoms with Gasteiger partial charge in [0.1, 0.15) is 12.3 Å². The van der Waals surface area contributed by atoms with Crippen molar-refractivity contribution in [2.75, 3.05) is 14.2 Å². The van der Waals surface area contributed by atoms with E-state index < -0.39 is 0 Å². The summed E-state index contributed by atoms with van der Waals surface area (Å²) in [6.07, 6.45) is 0. The molecule has 0 saturated heterocycles. The van der Waals surface area contributed by atoms with Crippen LogP contribution in [-0.2, 0) is 6.54 Å². The molecule has 3 heteroatoms. The van der Waals surface area contributed by atoms with Gasteiger partial charge in [-0.2, -0.15) is 0 Å². The van der Waals surface area contributed by atoms with Gasteiger partial charge in [-0.05, 0) is 24.3 Å². The third kappa shape index (κ3) is 3.11. The largest absolute Gasteiger partial charge is 1.00 e. The van der Waals surface area contributed by atoms with E-state index in [0.29, 0.717) is 0 Å². The molecule has 1 aromatic rings. The summed E-state index contributed by atoms with van der Waals surface area (Å²) in [5.41, 5.74) is 1.33. The number of methoxy groups -OCH3 is 1. The zero-order valence-electron chi connectivity index (χ0n) is 7.38. The number of rotatable bonds is 3. The summed E-state index contributed by atoms with van der Waals surface area (Å²) in [7, 11) is 3.74. The fourth-order valence-corrected chi connectivity index (χ4v) is 0.997. The minimum absolute atomic E-state index is 0. The van der Waals surface area contributed by atoms with Crippen molar-refractivity contribution in [1.29, 1.82) is 0 Å². The first kappa shape index (κ1) is 11.3. The summed E-state index contributed by atoms with van der Waals surface area (Å²) >= 11 is 0. The molecule has 0 aliphatic carbocycles. The number of nitrogens with two attached hydrogens (primary N) is 1. The zero-order valence-corrected chi connectivity index (χ0v) is 8.14. The maximum absolute atomic E-state index is 5.04. The first-order valence-corrected chi connectivity index (χ1v) is 3.77. The van der Waals surface area contributed by atoms with Crippen molar-refractivity contribution in [3.8, 4) is 5.75 Å². The van der Waals surface area contributed by atoms with Gasteiger partial charge in [0.15, 0.2) is 0 Å². The summed E-state index contributed by atoms with van der Waals surface area (Å²) in [4.78, 5) is 0. The van der Waals surface area contributed by atoms with Gasteiger partial charge < -0.3 is 22.5 Å². The number of hydrogen-bond acceptors (Lipinski definition) is 1. The topological polar surface area (TPSA) is 25.8 Å². The lowest BCUT2D eigenvalue weighted by Crippen LogP contribution is -3.00. The standard InChI is InChI=1S/C9H13NO.ClH/c1-10-7-8-3-5-9(11-2)6-4-8;/h3-6,10H,7H2,1-2H3;1H. The fourth-order valence-electron chi connectivity index (χ4n) is 0.997. The van der Waals surface area contributed by atoms with Crippen molar-refractivity contribution >= 4 is 0 Å². The molecule has 0 amide bonds. The minimum Gasteiger partial charge on any atom is -1.00 e. The zero-order chi connectivity index (χ0) is 8.10. The molecule has 0 bridgehead atoms.